The summed E-state index contributed by atoms with van der Waals surface area (Å²) < 4.78 is 5.48. The van der Waals surface area contributed by atoms with E-state index in [2.05, 4.69) is 52.4 Å². The Hall–Kier alpha value is -3.09. The number of aromatic nitrogens is 4. The molecule has 1 aliphatic heterocycles. The Balaban J connectivity index is 1.53. The standard InChI is InChI=1S/C25H27N5O/c1-16-13-19(7-8-20(16)15-30-9-11-31-12-10-30)21-5-4-6-22-25(21)27-23(14-26-22)24-17(2)28-29-18(24)3/h4-8,13-14H,9-12,15H2,1-3H3,(H,28,29). The molecule has 0 amide bonds. The molecule has 2 aromatic heterocycles. The molecule has 6 nitrogen and oxygen atoms in total. The van der Waals surface area contributed by atoms with Gasteiger partial charge in [-0.25, -0.2) is 4.98 Å². The number of aryl methyl sites for hydroxylation is 3. The van der Waals surface area contributed by atoms with Crippen LogP contribution in [-0.4, -0.2) is 51.4 Å². The molecule has 1 fully saturated rings. The number of benzene rings is 2. The van der Waals surface area contributed by atoms with Crippen molar-refractivity contribution in [2.75, 3.05) is 26.3 Å². The first-order chi connectivity index (χ1) is 15.1. The van der Waals surface area contributed by atoms with Crippen LogP contribution in [0.15, 0.2) is 42.6 Å². The summed E-state index contributed by atoms with van der Waals surface area (Å²) >= 11 is 0. The van der Waals surface area contributed by atoms with Gasteiger partial charge in [0.25, 0.3) is 0 Å². The second-order valence-electron chi connectivity index (χ2n) is 8.27. The van der Waals surface area contributed by atoms with E-state index in [1.54, 1.807) is 0 Å². The zero-order valence-electron chi connectivity index (χ0n) is 18.3. The van der Waals surface area contributed by atoms with Crippen molar-refractivity contribution in [3.63, 3.8) is 0 Å². The minimum Gasteiger partial charge on any atom is -0.379 e. The summed E-state index contributed by atoms with van der Waals surface area (Å²) in [6, 6.07) is 12.9. The van der Waals surface area contributed by atoms with Crippen molar-refractivity contribution in [2.24, 2.45) is 0 Å². The number of para-hydroxylation sites is 1. The number of morpholine rings is 1. The van der Waals surface area contributed by atoms with Crippen LogP contribution in [-0.2, 0) is 11.3 Å². The highest BCUT2D eigenvalue weighted by Crippen LogP contribution is 2.31. The molecule has 1 N–H and O–H groups in total. The van der Waals surface area contributed by atoms with Gasteiger partial charge in [-0.2, -0.15) is 5.10 Å². The van der Waals surface area contributed by atoms with Crippen molar-refractivity contribution in [2.45, 2.75) is 27.3 Å². The fourth-order valence-corrected chi connectivity index (χ4v) is 4.36. The van der Waals surface area contributed by atoms with Crippen LogP contribution in [0.5, 0.6) is 0 Å². The van der Waals surface area contributed by atoms with Gasteiger partial charge in [-0.05, 0) is 43.5 Å². The number of hydrogen-bond acceptors (Lipinski definition) is 5. The molecule has 0 saturated carbocycles. The molecule has 31 heavy (non-hydrogen) atoms. The number of aromatic amines is 1. The van der Waals surface area contributed by atoms with Gasteiger partial charge in [-0.3, -0.25) is 15.0 Å². The van der Waals surface area contributed by atoms with Gasteiger partial charge in [0, 0.05) is 36.5 Å². The van der Waals surface area contributed by atoms with Crippen molar-refractivity contribution in [3.05, 3.63) is 65.1 Å². The van der Waals surface area contributed by atoms with Crippen LogP contribution in [0, 0.1) is 20.8 Å². The summed E-state index contributed by atoms with van der Waals surface area (Å²) in [6.07, 6.45) is 1.84. The lowest BCUT2D eigenvalue weighted by atomic mass is 9.98. The molecule has 4 aromatic rings. The highest BCUT2D eigenvalue weighted by atomic mass is 16.5. The van der Waals surface area contributed by atoms with Crippen LogP contribution >= 0.6 is 0 Å². The molecule has 0 atom stereocenters. The number of ether oxygens (including phenoxy) is 1. The van der Waals surface area contributed by atoms with Crippen molar-refractivity contribution >= 4 is 11.0 Å². The summed E-state index contributed by atoms with van der Waals surface area (Å²) in [5, 5.41) is 7.37. The van der Waals surface area contributed by atoms with Gasteiger partial charge >= 0.3 is 0 Å². The smallest absolute Gasteiger partial charge is 0.0972 e. The van der Waals surface area contributed by atoms with E-state index in [0.29, 0.717) is 0 Å². The largest absolute Gasteiger partial charge is 0.379 e. The van der Waals surface area contributed by atoms with Crippen molar-refractivity contribution in [1.82, 2.24) is 25.1 Å². The van der Waals surface area contributed by atoms with E-state index in [1.165, 1.54) is 16.7 Å². The van der Waals surface area contributed by atoms with Gasteiger partial charge in [0.1, 0.15) is 0 Å². The summed E-state index contributed by atoms with van der Waals surface area (Å²) in [4.78, 5) is 12.2. The molecule has 2 aromatic carbocycles. The maximum absolute atomic E-state index is 5.48. The first-order valence-electron chi connectivity index (χ1n) is 10.8. The minimum absolute atomic E-state index is 0.823. The Kier molecular flexibility index (Phi) is 5.26. The summed E-state index contributed by atoms with van der Waals surface area (Å²) in [7, 11) is 0. The lowest BCUT2D eigenvalue weighted by Gasteiger charge is -2.27. The van der Waals surface area contributed by atoms with E-state index in [1.807, 2.05) is 26.1 Å². The van der Waals surface area contributed by atoms with Crippen LogP contribution in [0.3, 0.4) is 0 Å². The second-order valence-corrected chi connectivity index (χ2v) is 8.27. The monoisotopic (exact) mass is 413 g/mol. The summed E-state index contributed by atoms with van der Waals surface area (Å²) in [5.41, 5.74) is 10.6. The molecule has 3 heterocycles. The Morgan fingerprint density at radius 1 is 1.06 bits per heavy atom. The predicted octanol–water partition coefficient (Wildman–Crippen LogP) is 4.44. The highest BCUT2D eigenvalue weighted by molar-refractivity contribution is 5.92. The lowest BCUT2D eigenvalue weighted by Crippen LogP contribution is -2.35. The zero-order chi connectivity index (χ0) is 21.4. The molecule has 0 aliphatic carbocycles. The zero-order valence-corrected chi connectivity index (χ0v) is 18.3. The quantitative estimate of drug-likeness (QED) is 0.536. The minimum atomic E-state index is 0.823. The summed E-state index contributed by atoms with van der Waals surface area (Å²) in [6.45, 7) is 10.8. The van der Waals surface area contributed by atoms with E-state index in [-0.39, 0.29) is 0 Å². The molecule has 5 rings (SSSR count). The molecule has 6 heteroatoms. The van der Waals surface area contributed by atoms with E-state index < -0.39 is 0 Å². The van der Waals surface area contributed by atoms with Crippen molar-refractivity contribution < 1.29 is 4.74 Å². The van der Waals surface area contributed by atoms with Gasteiger partial charge in [-0.1, -0.05) is 30.3 Å². The molecular formula is C25H27N5O. The van der Waals surface area contributed by atoms with Crippen LogP contribution < -0.4 is 0 Å². The fourth-order valence-electron chi connectivity index (χ4n) is 4.36. The molecule has 0 spiro atoms. The average molecular weight is 414 g/mol. The summed E-state index contributed by atoms with van der Waals surface area (Å²) in [5.74, 6) is 0. The number of rotatable bonds is 4. The Labute approximate surface area is 182 Å². The molecule has 0 radical (unpaired) electrons. The van der Waals surface area contributed by atoms with E-state index in [0.717, 1.165) is 72.1 Å². The number of nitrogens with one attached hydrogen (secondary N) is 1. The van der Waals surface area contributed by atoms with Crippen LogP contribution in [0.25, 0.3) is 33.4 Å². The number of nitrogens with zero attached hydrogens (tertiary/aromatic N) is 4. The van der Waals surface area contributed by atoms with Crippen molar-refractivity contribution in [3.8, 4) is 22.4 Å². The van der Waals surface area contributed by atoms with Crippen molar-refractivity contribution in [1.29, 1.82) is 0 Å². The van der Waals surface area contributed by atoms with Crippen LogP contribution in [0.4, 0.5) is 0 Å². The second kappa shape index (κ2) is 8.21. The molecule has 0 bridgehead atoms. The SMILES string of the molecule is Cc1cc(-c2cccc3ncc(-c4c(C)n[nH]c4C)nc23)ccc1CN1CCOCC1. The topological polar surface area (TPSA) is 66.9 Å². The normalized spacial score (nSPS) is 14.9. The van der Waals surface area contributed by atoms with E-state index in [9.17, 15) is 0 Å². The number of H-pyrrole nitrogens is 1. The fraction of sp³-hybridized carbons (Fsp3) is 0.320. The molecule has 158 valence electrons. The first-order valence-corrected chi connectivity index (χ1v) is 10.8. The number of fused-ring (bicyclic) bond motifs is 1. The van der Waals surface area contributed by atoms with Gasteiger partial charge < -0.3 is 4.74 Å². The maximum atomic E-state index is 5.48. The van der Waals surface area contributed by atoms with Gasteiger partial charge in [0.05, 0.1) is 41.8 Å². The van der Waals surface area contributed by atoms with E-state index in [4.69, 9.17) is 14.7 Å². The number of hydrogen-bond donors (Lipinski definition) is 1. The van der Waals surface area contributed by atoms with E-state index >= 15 is 0 Å². The van der Waals surface area contributed by atoms with Crippen LogP contribution in [0.2, 0.25) is 0 Å². The maximum Gasteiger partial charge on any atom is 0.0972 e. The first kappa shape index (κ1) is 19.8. The third kappa shape index (κ3) is 3.84. The van der Waals surface area contributed by atoms with Gasteiger partial charge in [0.15, 0.2) is 0 Å². The highest BCUT2D eigenvalue weighted by Gasteiger charge is 2.15. The third-order valence-electron chi connectivity index (χ3n) is 6.11. The molecular weight excluding hydrogens is 386 g/mol. The van der Waals surface area contributed by atoms with Gasteiger partial charge in [-0.15, -0.1) is 0 Å². The average Bonchev–Trinajstić information content (AvgIpc) is 3.13. The Morgan fingerprint density at radius 3 is 2.65 bits per heavy atom. The Bertz CT molecular complexity index is 1220. The lowest BCUT2D eigenvalue weighted by molar-refractivity contribution is 0.0341. The van der Waals surface area contributed by atoms with Crippen LogP contribution in [0.1, 0.15) is 22.5 Å². The Morgan fingerprint density at radius 2 is 1.90 bits per heavy atom. The predicted molar refractivity (Wildman–Crippen MR) is 123 cm³/mol. The third-order valence-corrected chi connectivity index (χ3v) is 6.11. The molecule has 1 aliphatic rings. The molecule has 1 saturated heterocycles. The van der Waals surface area contributed by atoms with Gasteiger partial charge in [0.2, 0.25) is 0 Å². The molecule has 0 unspecified atom stereocenters.